The Labute approximate surface area is 130 Å². The predicted octanol–water partition coefficient (Wildman–Crippen LogP) is 3.20. The highest BCUT2D eigenvalue weighted by Gasteiger charge is 2.19. The lowest BCUT2D eigenvalue weighted by Gasteiger charge is -2.15. The van der Waals surface area contributed by atoms with Crippen molar-refractivity contribution in [2.75, 3.05) is 18.5 Å². The van der Waals surface area contributed by atoms with E-state index < -0.39 is 0 Å². The van der Waals surface area contributed by atoms with Crippen LogP contribution >= 0.6 is 27.5 Å². The molecule has 0 saturated carbocycles. The van der Waals surface area contributed by atoms with Gasteiger partial charge in [-0.3, -0.25) is 0 Å². The van der Waals surface area contributed by atoms with Gasteiger partial charge in [-0.1, -0.05) is 18.5 Å². The van der Waals surface area contributed by atoms with E-state index in [0.717, 1.165) is 40.9 Å². The predicted molar refractivity (Wildman–Crippen MR) is 82.3 cm³/mol. The van der Waals surface area contributed by atoms with Crippen LogP contribution in [0.3, 0.4) is 0 Å². The van der Waals surface area contributed by atoms with Gasteiger partial charge in [-0.15, -0.1) is 0 Å². The van der Waals surface area contributed by atoms with Gasteiger partial charge in [0.25, 0.3) is 0 Å². The summed E-state index contributed by atoms with van der Waals surface area (Å²) < 4.78 is 6.17. The number of aryl methyl sites for hydroxylation is 1. The van der Waals surface area contributed by atoms with Crippen LogP contribution in [0.25, 0.3) is 11.0 Å². The Morgan fingerprint density at radius 3 is 3.00 bits per heavy atom. The van der Waals surface area contributed by atoms with Gasteiger partial charge in [0.05, 0.1) is 22.8 Å². The molecule has 1 saturated heterocycles. The maximum atomic E-state index is 6.11. The molecular formula is C13H14BrClN4O. The van der Waals surface area contributed by atoms with Crippen molar-refractivity contribution >= 4 is 44.4 Å². The van der Waals surface area contributed by atoms with Crippen molar-refractivity contribution in [1.82, 2.24) is 15.0 Å². The van der Waals surface area contributed by atoms with E-state index in [1.54, 1.807) is 6.20 Å². The normalized spacial score (nSPS) is 18.6. The van der Waals surface area contributed by atoms with Crippen molar-refractivity contribution in [1.29, 1.82) is 0 Å². The molecule has 7 heteroatoms. The zero-order valence-corrected chi connectivity index (χ0v) is 13.3. The molecule has 3 heterocycles. The number of halogens is 2. The van der Waals surface area contributed by atoms with Gasteiger partial charge in [-0.2, -0.15) is 0 Å². The summed E-state index contributed by atoms with van der Waals surface area (Å²) in [5, 5.41) is 3.79. The average Bonchev–Trinajstić information content (AvgIpc) is 2.95. The Bertz CT molecular complexity index is 646. The van der Waals surface area contributed by atoms with Gasteiger partial charge in [0.1, 0.15) is 16.9 Å². The highest BCUT2D eigenvalue weighted by atomic mass is 79.9. The standard InChI is InChI=1S/C13H14BrClN4O/c1-2-9-13(17-7-3-4-20-6-7)19-10-8(14)5-16-12(15)11(10)18-9/h5,7H,2-4,6H2,1H3,(H,17,19)/t7-/m0/s1. The molecule has 1 N–H and O–H groups in total. The molecule has 0 bridgehead atoms. The van der Waals surface area contributed by atoms with Crippen LogP contribution in [0.1, 0.15) is 19.0 Å². The lowest BCUT2D eigenvalue weighted by Crippen LogP contribution is -2.21. The first-order chi connectivity index (χ1) is 9.69. The molecule has 20 heavy (non-hydrogen) atoms. The number of nitrogens with one attached hydrogen (secondary N) is 1. The van der Waals surface area contributed by atoms with Crippen LogP contribution in [0, 0.1) is 0 Å². The van der Waals surface area contributed by atoms with E-state index >= 15 is 0 Å². The van der Waals surface area contributed by atoms with Crippen LogP contribution in [0.15, 0.2) is 10.7 Å². The average molecular weight is 358 g/mol. The minimum Gasteiger partial charge on any atom is -0.379 e. The molecule has 3 rings (SSSR count). The Kier molecular flexibility index (Phi) is 4.05. The number of hydrogen-bond donors (Lipinski definition) is 1. The molecule has 0 aliphatic carbocycles. The fourth-order valence-corrected chi connectivity index (χ4v) is 2.78. The smallest absolute Gasteiger partial charge is 0.156 e. The van der Waals surface area contributed by atoms with E-state index in [-0.39, 0.29) is 0 Å². The summed E-state index contributed by atoms with van der Waals surface area (Å²) in [6, 6.07) is 0.295. The first-order valence-corrected chi connectivity index (χ1v) is 7.71. The number of ether oxygens (including phenoxy) is 1. The molecule has 0 amide bonds. The van der Waals surface area contributed by atoms with Crippen molar-refractivity contribution in [3.8, 4) is 0 Å². The van der Waals surface area contributed by atoms with E-state index in [9.17, 15) is 0 Å². The Morgan fingerprint density at radius 1 is 1.45 bits per heavy atom. The molecule has 0 unspecified atom stereocenters. The Hall–Kier alpha value is -0.980. The molecular weight excluding hydrogens is 344 g/mol. The molecule has 1 atom stereocenters. The highest BCUT2D eigenvalue weighted by molar-refractivity contribution is 9.10. The van der Waals surface area contributed by atoms with Crippen LogP contribution in [0.2, 0.25) is 5.15 Å². The largest absolute Gasteiger partial charge is 0.379 e. The fraction of sp³-hybridized carbons (Fsp3) is 0.462. The second kappa shape index (κ2) is 5.79. The number of fused-ring (bicyclic) bond motifs is 1. The van der Waals surface area contributed by atoms with Crippen molar-refractivity contribution in [3.05, 3.63) is 21.5 Å². The first kappa shape index (κ1) is 14.0. The fourth-order valence-electron chi connectivity index (χ4n) is 2.22. The highest BCUT2D eigenvalue weighted by Crippen LogP contribution is 2.28. The Balaban J connectivity index is 2.08. The molecule has 2 aromatic rings. The van der Waals surface area contributed by atoms with Crippen LogP contribution in [-0.2, 0) is 11.2 Å². The number of anilines is 1. The molecule has 2 aromatic heterocycles. The van der Waals surface area contributed by atoms with E-state index in [1.165, 1.54) is 0 Å². The van der Waals surface area contributed by atoms with Gasteiger partial charge in [-0.25, -0.2) is 15.0 Å². The van der Waals surface area contributed by atoms with Gasteiger partial charge in [0.2, 0.25) is 0 Å². The summed E-state index contributed by atoms with van der Waals surface area (Å²) in [4.78, 5) is 13.4. The van der Waals surface area contributed by atoms with Gasteiger partial charge in [0, 0.05) is 12.8 Å². The third kappa shape index (κ3) is 2.60. The maximum absolute atomic E-state index is 6.11. The second-order valence-corrected chi connectivity index (χ2v) is 5.88. The lowest BCUT2D eigenvalue weighted by atomic mass is 10.2. The molecule has 0 radical (unpaired) electrons. The minimum absolute atomic E-state index is 0.295. The topological polar surface area (TPSA) is 59.9 Å². The molecule has 5 nitrogen and oxygen atoms in total. The van der Waals surface area contributed by atoms with E-state index in [1.807, 2.05) is 6.92 Å². The summed E-state index contributed by atoms with van der Waals surface area (Å²) in [5.41, 5.74) is 2.25. The first-order valence-electron chi connectivity index (χ1n) is 6.54. The maximum Gasteiger partial charge on any atom is 0.156 e. The van der Waals surface area contributed by atoms with Crippen molar-refractivity contribution < 1.29 is 4.74 Å². The van der Waals surface area contributed by atoms with E-state index in [0.29, 0.717) is 23.3 Å². The van der Waals surface area contributed by atoms with Crippen LogP contribution in [0.4, 0.5) is 5.82 Å². The Morgan fingerprint density at radius 2 is 2.30 bits per heavy atom. The van der Waals surface area contributed by atoms with Gasteiger partial charge >= 0.3 is 0 Å². The number of pyridine rings is 1. The summed E-state index contributed by atoms with van der Waals surface area (Å²) in [6.07, 6.45) is 3.41. The summed E-state index contributed by atoms with van der Waals surface area (Å²) in [6.45, 7) is 3.55. The quantitative estimate of drug-likeness (QED) is 0.855. The summed E-state index contributed by atoms with van der Waals surface area (Å²) >= 11 is 9.55. The van der Waals surface area contributed by atoms with Gasteiger partial charge < -0.3 is 10.1 Å². The molecule has 0 spiro atoms. The zero-order chi connectivity index (χ0) is 14.1. The number of hydrogen-bond acceptors (Lipinski definition) is 5. The molecule has 1 aliphatic rings. The van der Waals surface area contributed by atoms with Crippen molar-refractivity contribution in [3.63, 3.8) is 0 Å². The third-order valence-electron chi connectivity index (χ3n) is 3.29. The number of rotatable bonds is 3. The monoisotopic (exact) mass is 356 g/mol. The van der Waals surface area contributed by atoms with Crippen molar-refractivity contribution in [2.45, 2.75) is 25.8 Å². The number of aromatic nitrogens is 3. The zero-order valence-electron chi connectivity index (χ0n) is 11.0. The SMILES string of the molecule is CCc1nc2c(Cl)ncc(Br)c2nc1N[C@H]1CCOC1. The molecule has 1 fully saturated rings. The van der Waals surface area contributed by atoms with Gasteiger partial charge in [-0.05, 0) is 28.8 Å². The second-order valence-electron chi connectivity index (χ2n) is 4.67. The lowest BCUT2D eigenvalue weighted by molar-refractivity contribution is 0.195. The summed E-state index contributed by atoms with van der Waals surface area (Å²) in [7, 11) is 0. The minimum atomic E-state index is 0.295. The number of nitrogens with zero attached hydrogens (tertiary/aromatic N) is 3. The van der Waals surface area contributed by atoms with E-state index in [2.05, 4.69) is 36.2 Å². The van der Waals surface area contributed by atoms with Crippen molar-refractivity contribution in [2.24, 2.45) is 0 Å². The van der Waals surface area contributed by atoms with Crippen LogP contribution < -0.4 is 5.32 Å². The summed E-state index contributed by atoms with van der Waals surface area (Å²) in [5.74, 6) is 0.804. The van der Waals surface area contributed by atoms with Gasteiger partial charge in [0.15, 0.2) is 5.15 Å². The van der Waals surface area contributed by atoms with E-state index in [4.69, 9.17) is 16.3 Å². The third-order valence-corrected chi connectivity index (χ3v) is 4.14. The molecule has 1 aliphatic heterocycles. The molecule has 0 aromatic carbocycles. The van der Waals surface area contributed by atoms with Crippen LogP contribution in [-0.4, -0.2) is 34.2 Å². The van der Waals surface area contributed by atoms with Crippen LogP contribution in [0.5, 0.6) is 0 Å². The molecule has 106 valence electrons.